The van der Waals surface area contributed by atoms with Crippen molar-refractivity contribution < 1.29 is 24.6 Å². The van der Waals surface area contributed by atoms with Crippen LogP contribution < -0.4 is 15.5 Å². The number of hydrogen-bond acceptors (Lipinski definition) is 6. The third-order valence-corrected chi connectivity index (χ3v) is 6.50. The zero-order chi connectivity index (χ0) is 23.2. The monoisotopic (exact) mass is 443 g/mol. The van der Waals surface area contributed by atoms with E-state index in [-0.39, 0.29) is 5.56 Å². The van der Waals surface area contributed by atoms with Gasteiger partial charge in [0.1, 0.15) is 5.92 Å². The fourth-order valence-electron chi connectivity index (χ4n) is 4.56. The number of anilines is 1. The minimum absolute atomic E-state index is 0.00693. The molecule has 178 valence electrons. The Morgan fingerprint density at radius 3 is 1.81 bits per heavy atom. The molecule has 1 aromatic carbocycles. The van der Waals surface area contributed by atoms with Gasteiger partial charge in [-0.05, 0) is 36.6 Å². The molecule has 6 nitrogen and oxygen atoms in total. The van der Waals surface area contributed by atoms with Gasteiger partial charge in [-0.15, -0.1) is 0 Å². The van der Waals surface area contributed by atoms with E-state index in [1.54, 1.807) is 12.1 Å². The van der Waals surface area contributed by atoms with Crippen molar-refractivity contribution in [2.24, 2.45) is 11.8 Å². The standard InChI is InChI=1S/C26H39NO5/c28-24(23(25(29)30)26(31)32)21-15-17-22(18-16-21)27-19-11-7-5-3-1-2-4-6-8-12-20-13-9-10-14-20/h15-18,20,23,27H,1-14,19H2,(H,29,30)(H,31,32)/p-2. The highest BCUT2D eigenvalue weighted by Crippen LogP contribution is 2.29. The van der Waals surface area contributed by atoms with E-state index in [4.69, 9.17) is 0 Å². The van der Waals surface area contributed by atoms with Crippen molar-refractivity contribution in [2.45, 2.75) is 89.9 Å². The molecular weight excluding hydrogens is 406 g/mol. The Labute approximate surface area is 191 Å². The Kier molecular flexibility index (Phi) is 11.8. The number of ketones is 1. The lowest BCUT2D eigenvalue weighted by atomic mass is 9.97. The molecule has 2 rings (SSSR count). The predicted molar refractivity (Wildman–Crippen MR) is 121 cm³/mol. The minimum Gasteiger partial charge on any atom is -0.549 e. The van der Waals surface area contributed by atoms with Crippen LogP contribution in [-0.2, 0) is 9.59 Å². The van der Waals surface area contributed by atoms with Crippen LogP contribution in [0.4, 0.5) is 5.69 Å². The number of hydrogen-bond donors (Lipinski definition) is 1. The number of rotatable bonds is 17. The number of nitrogens with one attached hydrogen (secondary N) is 1. The normalized spacial score (nSPS) is 14.0. The molecule has 0 amide bonds. The maximum Gasteiger partial charge on any atom is 0.177 e. The first-order valence-corrected chi connectivity index (χ1v) is 12.3. The smallest absolute Gasteiger partial charge is 0.177 e. The number of unbranched alkanes of at least 4 members (excludes halogenated alkanes) is 8. The average Bonchev–Trinajstić information content (AvgIpc) is 3.28. The molecule has 0 atom stereocenters. The summed E-state index contributed by atoms with van der Waals surface area (Å²) in [7, 11) is 0. The van der Waals surface area contributed by atoms with Gasteiger partial charge in [-0.2, -0.15) is 0 Å². The molecule has 0 spiro atoms. The van der Waals surface area contributed by atoms with Crippen LogP contribution >= 0.6 is 0 Å². The highest BCUT2D eigenvalue weighted by molar-refractivity contribution is 6.19. The summed E-state index contributed by atoms with van der Waals surface area (Å²) in [5, 5.41) is 24.9. The van der Waals surface area contributed by atoms with E-state index in [2.05, 4.69) is 5.32 Å². The van der Waals surface area contributed by atoms with Gasteiger partial charge in [-0.25, -0.2) is 0 Å². The number of Topliss-reactive ketones (excluding diaryl/α,β-unsaturated/α-hetero) is 1. The molecule has 1 aliphatic carbocycles. The number of benzene rings is 1. The van der Waals surface area contributed by atoms with E-state index in [1.807, 2.05) is 0 Å². The van der Waals surface area contributed by atoms with E-state index >= 15 is 0 Å². The second kappa shape index (κ2) is 14.6. The van der Waals surface area contributed by atoms with Crippen molar-refractivity contribution in [1.29, 1.82) is 0 Å². The van der Waals surface area contributed by atoms with E-state index in [0.717, 1.165) is 24.6 Å². The molecule has 6 heteroatoms. The van der Waals surface area contributed by atoms with Crippen LogP contribution in [0.2, 0.25) is 0 Å². The van der Waals surface area contributed by atoms with E-state index in [1.165, 1.54) is 95.6 Å². The lowest BCUT2D eigenvalue weighted by molar-refractivity contribution is -0.328. The molecule has 1 aromatic rings. The Morgan fingerprint density at radius 2 is 1.28 bits per heavy atom. The Bertz CT molecular complexity index is 695. The molecular formula is C26H37NO5-2. The lowest BCUT2D eigenvalue weighted by Gasteiger charge is -2.17. The maximum atomic E-state index is 12.0. The van der Waals surface area contributed by atoms with Crippen LogP contribution in [0.1, 0.15) is 100 Å². The van der Waals surface area contributed by atoms with E-state index < -0.39 is 23.6 Å². The second-order valence-corrected chi connectivity index (χ2v) is 9.06. The first-order valence-electron chi connectivity index (χ1n) is 12.3. The highest BCUT2D eigenvalue weighted by atomic mass is 16.4. The molecule has 1 N–H and O–H groups in total. The first kappa shape index (κ1) is 25.9. The van der Waals surface area contributed by atoms with Gasteiger partial charge in [0.15, 0.2) is 5.78 Å². The largest absolute Gasteiger partial charge is 0.549 e. The van der Waals surface area contributed by atoms with Crippen LogP contribution in [-0.4, -0.2) is 24.3 Å². The summed E-state index contributed by atoms with van der Waals surface area (Å²) < 4.78 is 0. The number of carboxylic acids is 2. The third kappa shape index (κ3) is 9.41. The molecule has 0 aromatic heterocycles. The quantitative estimate of drug-likeness (QED) is 0.224. The van der Waals surface area contributed by atoms with Crippen LogP contribution in [0.5, 0.6) is 0 Å². The second-order valence-electron chi connectivity index (χ2n) is 9.06. The van der Waals surface area contributed by atoms with E-state index in [0.29, 0.717) is 0 Å². The van der Waals surface area contributed by atoms with Crippen LogP contribution in [0.15, 0.2) is 24.3 Å². The number of carbonyl (C=O) groups excluding carboxylic acids is 3. The van der Waals surface area contributed by atoms with Crippen molar-refractivity contribution in [3.05, 3.63) is 29.8 Å². The number of aliphatic carboxylic acids is 2. The van der Waals surface area contributed by atoms with Crippen LogP contribution in [0, 0.1) is 11.8 Å². The third-order valence-electron chi connectivity index (χ3n) is 6.50. The summed E-state index contributed by atoms with van der Waals surface area (Å²) in [4.78, 5) is 33.7. The molecule has 0 saturated heterocycles. The molecule has 0 unspecified atom stereocenters. The Balaban J connectivity index is 1.48. The molecule has 0 heterocycles. The van der Waals surface area contributed by atoms with Crippen molar-refractivity contribution in [2.75, 3.05) is 11.9 Å². The lowest BCUT2D eigenvalue weighted by Crippen LogP contribution is -2.47. The topological polar surface area (TPSA) is 109 Å². The SMILES string of the molecule is O=C([O-])C(C(=O)[O-])C(=O)c1ccc(NCCCCCCCCCCCC2CCCC2)cc1. The molecule has 32 heavy (non-hydrogen) atoms. The summed E-state index contributed by atoms with van der Waals surface area (Å²) in [5.41, 5.74) is 0.810. The minimum atomic E-state index is -2.29. The maximum absolute atomic E-state index is 12.0. The summed E-state index contributed by atoms with van der Waals surface area (Å²) in [5.74, 6) is -6.22. The number of carboxylic acid groups (broad SMARTS) is 2. The molecule has 0 radical (unpaired) electrons. The van der Waals surface area contributed by atoms with Gasteiger partial charge in [0, 0.05) is 17.8 Å². The average molecular weight is 444 g/mol. The van der Waals surface area contributed by atoms with Crippen molar-refractivity contribution in [1.82, 2.24) is 0 Å². The van der Waals surface area contributed by atoms with Crippen molar-refractivity contribution in [3.8, 4) is 0 Å². The fraction of sp³-hybridized carbons (Fsp3) is 0.654. The van der Waals surface area contributed by atoms with Gasteiger partial charge in [0.2, 0.25) is 0 Å². The molecule has 1 aliphatic rings. The Hall–Kier alpha value is -2.37. The van der Waals surface area contributed by atoms with Gasteiger partial charge in [0.05, 0.1) is 11.9 Å². The zero-order valence-electron chi connectivity index (χ0n) is 19.1. The van der Waals surface area contributed by atoms with Gasteiger partial charge < -0.3 is 25.1 Å². The molecule has 0 aliphatic heterocycles. The summed E-state index contributed by atoms with van der Waals surface area (Å²) in [6.45, 7) is 0.815. The van der Waals surface area contributed by atoms with Gasteiger partial charge in [-0.3, -0.25) is 4.79 Å². The number of carbonyl (C=O) groups is 3. The van der Waals surface area contributed by atoms with Crippen LogP contribution in [0.25, 0.3) is 0 Å². The van der Waals surface area contributed by atoms with Crippen molar-refractivity contribution in [3.63, 3.8) is 0 Å². The molecule has 1 fully saturated rings. The summed E-state index contributed by atoms with van der Waals surface area (Å²) >= 11 is 0. The summed E-state index contributed by atoms with van der Waals surface area (Å²) in [6.07, 6.45) is 18.9. The van der Waals surface area contributed by atoms with Gasteiger partial charge in [-0.1, -0.05) is 83.5 Å². The van der Waals surface area contributed by atoms with Crippen LogP contribution in [0.3, 0.4) is 0 Å². The van der Waals surface area contributed by atoms with Gasteiger partial charge in [0.25, 0.3) is 0 Å². The van der Waals surface area contributed by atoms with Gasteiger partial charge >= 0.3 is 0 Å². The molecule has 0 bridgehead atoms. The summed E-state index contributed by atoms with van der Waals surface area (Å²) in [6, 6.07) is 6.11. The fourth-order valence-corrected chi connectivity index (χ4v) is 4.56. The molecule has 1 saturated carbocycles. The van der Waals surface area contributed by atoms with E-state index in [9.17, 15) is 24.6 Å². The predicted octanol–water partition coefficient (Wildman–Crippen LogP) is 3.49. The Morgan fingerprint density at radius 1 is 0.781 bits per heavy atom. The first-order chi connectivity index (χ1) is 15.5. The highest BCUT2D eigenvalue weighted by Gasteiger charge is 2.22. The van der Waals surface area contributed by atoms with Crippen molar-refractivity contribution >= 4 is 23.4 Å². The zero-order valence-corrected chi connectivity index (χ0v) is 19.1.